The van der Waals surface area contributed by atoms with E-state index in [-0.39, 0.29) is 0 Å². The van der Waals surface area contributed by atoms with E-state index in [1.807, 2.05) is 13.0 Å². The number of anilines is 2. The van der Waals surface area contributed by atoms with Gasteiger partial charge in [0, 0.05) is 5.69 Å². The van der Waals surface area contributed by atoms with E-state index < -0.39 is 6.03 Å². The number of aryl methyl sites for hydroxylation is 1. The van der Waals surface area contributed by atoms with Crippen LogP contribution in [-0.2, 0) is 0 Å². The van der Waals surface area contributed by atoms with Crippen molar-refractivity contribution in [1.82, 2.24) is 4.98 Å². The number of nitrogens with zero attached hydrogens (tertiary/aromatic N) is 1. The molecule has 6 heteroatoms. The second kappa shape index (κ2) is 6.60. The standard InChI is InChI=1S/C15H17N3O3/c1-10-7-8-11(9-16-10)17-15(19)18-14-12(20-2)5-4-6-13(14)21-3/h4-9H,1-3H3,(H2,17,18,19). The van der Waals surface area contributed by atoms with Gasteiger partial charge in [-0.3, -0.25) is 4.98 Å². The molecule has 2 aromatic rings. The van der Waals surface area contributed by atoms with E-state index in [4.69, 9.17) is 9.47 Å². The molecule has 21 heavy (non-hydrogen) atoms. The SMILES string of the molecule is COc1cccc(OC)c1NC(=O)Nc1ccc(C)nc1. The molecule has 0 spiro atoms. The summed E-state index contributed by atoms with van der Waals surface area (Å²) in [6, 6.07) is 8.46. The van der Waals surface area contributed by atoms with Gasteiger partial charge in [-0.15, -0.1) is 0 Å². The highest BCUT2D eigenvalue weighted by atomic mass is 16.5. The summed E-state index contributed by atoms with van der Waals surface area (Å²) in [6.07, 6.45) is 1.59. The average Bonchev–Trinajstić information content (AvgIpc) is 2.49. The summed E-state index contributed by atoms with van der Waals surface area (Å²) in [5.74, 6) is 1.04. The lowest BCUT2D eigenvalue weighted by molar-refractivity contribution is 0.262. The Balaban J connectivity index is 2.14. The number of methoxy groups -OCH3 is 2. The number of pyridine rings is 1. The van der Waals surface area contributed by atoms with Crippen LogP contribution in [0.3, 0.4) is 0 Å². The van der Waals surface area contributed by atoms with Gasteiger partial charge in [-0.1, -0.05) is 6.07 Å². The maximum atomic E-state index is 12.0. The van der Waals surface area contributed by atoms with Gasteiger partial charge >= 0.3 is 6.03 Å². The largest absolute Gasteiger partial charge is 0.494 e. The Kier molecular flexibility index (Phi) is 4.61. The van der Waals surface area contributed by atoms with Crippen molar-refractivity contribution in [3.05, 3.63) is 42.2 Å². The summed E-state index contributed by atoms with van der Waals surface area (Å²) < 4.78 is 10.4. The molecule has 0 aliphatic rings. The third-order valence-corrected chi connectivity index (χ3v) is 2.84. The molecule has 0 atom stereocenters. The predicted molar refractivity (Wildman–Crippen MR) is 81.2 cm³/mol. The quantitative estimate of drug-likeness (QED) is 0.906. The van der Waals surface area contributed by atoms with E-state index >= 15 is 0 Å². The number of carbonyl (C=O) groups is 1. The van der Waals surface area contributed by atoms with E-state index in [0.717, 1.165) is 5.69 Å². The molecule has 2 N–H and O–H groups in total. The third-order valence-electron chi connectivity index (χ3n) is 2.84. The van der Waals surface area contributed by atoms with Crippen molar-refractivity contribution in [1.29, 1.82) is 0 Å². The van der Waals surface area contributed by atoms with Crippen molar-refractivity contribution in [2.45, 2.75) is 6.92 Å². The molecule has 0 saturated carbocycles. The van der Waals surface area contributed by atoms with E-state index in [9.17, 15) is 4.79 Å². The van der Waals surface area contributed by atoms with Gasteiger partial charge in [0.2, 0.25) is 0 Å². The fraction of sp³-hybridized carbons (Fsp3) is 0.200. The van der Waals surface area contributed by atoms with Crippen molar-refractivity contribution in [3.63, 3.8) is 0 Å². The first-order valence-electron chi connectivity index (χ1n) is 6.35. The van der Waals surface area contributed by atoms with Crippen LogP contribution in [0.4, 0.5) is 16.2 Å². The monoisotopic (exact) mass is 287 g/mol. The molecule has 0 aliphatic heterocycles. The van der Waals surface area contributed by atoms with E-state index in [0.29, 0.717) is 22.9 Å². The molecule has 110 valence electrons. The van der Waals surface area contributed by atoms with Crippen LogP contribution in [-0.4, -0.2) is 25.2 Å². The molecule has 2 rings (SSSR count). The minimum Gasteiger partial charge on any atom is -0.494 e. The van der Waals surface area contributed by atoms with E-state index in [2.05, 4.69) is 15.6 Å². The van der Waals surface area contributed by atoms with E-state index in [1.165, 1.54) is 14.2 Å². The van der Waals surface area contributed by atoms with Gasteiger partial charge in [0.15, 0.2) is 0 Å². The summed E-state index contributed by atoms with van der Waals surface area (Å²) in [5, 5.41) is 5.41. The van der Waals surface area contributed by atoms with E-state index in [1.54, 1.807) is 30.5 Å². The lowest BCUT2D eigenvalue weighted by atomic mass is 10.2. The molecule has 1 aromatic heterocycles. The number of benzene rings is 1. The molecule has 2 amide bonds. The molecule has 1 aromatic carbocycles. The van der Waals surface area contributed by atoms with Gasteiger partial charge in [-0.25, -0.2) is 4.79 Å². The average molecular weight is 287 g/mol. The molecular formula is C15H17N3O3. The van der Waals surface area contributed by atoms with Crippen molar-refractivity contribution in [2.24, 2.45) is 0 Å². The van der Waals surface area contributed by atoms with Crippen LogP contribution >= 0.6 is 0 Å². The maximum absolute atomic E-state index is 12.0. The highest BCUT2D eigenvalue weighted by molar-refractivity contribution is 6.01. The Labute approximate surface area is 123 Å². The maximum Gasteiger partial charge on any atom is 0.323 e. The Hall–Kier alpha value is -2.76. The Bertz CT molecular complexity index is 604. The topological polar surface area (TPSA) is 72.5 Å². The normalized spacial score (nSPS) is 9.86. The van der Waals surface area contributed by atoms with Gasteiger partial charge < -0.3 is 20.1 Å². The van der Waals surface area contributed by atoms with Crippen LogP contribution in [0.5, 0.6) is 11.5 Å². The lowest BCUT2D eigenvalue weighted by Gasteiger charge is -2.14. The number of hydrogen-bond acceptors (Lipinski definition) is 4. The summed E-state index contributed by atoms with van der Waals surface area (Å²) in [5.41, 5.74) is 1.96. The van der Waals surface area contributed by atoms with Gasteiger partial charge in [-0.2, -0.15) is 0 Å². The molecule has 1 heterocycles. The Morgan fingerprint density at radius 3 is 2.24 bits per heavy atom. The summed E-state index contributed by atoms with van der Waals surface area (Å²) in [6.45, 7) is 1.88. The minimum atomic E-state index is -0.400. The number of para-hydroxylation sites is 1. The molecule has 6 nitrogen and oxygen atoms in total. The molecule has 0 saturated heterocycles. The van der Waals surface area contributed by atoms with Crippen LogP contribution < -0.4 is 20.1 Å². The highest BCUT2D eigenvalue weighted by Gasteiger charge is 2.13. The van der Waals surface area contributed by atoms with Crippen molar-refractivity contribution < 1.29 is 14.3 Å². The number of carbonyl (C=O) groups excluding carboxylic acids is 1. The Morgan fingerprint density at radius 1 is 1.05 bits per heavy atom. The number of ether oxygens (including phenoxy) is 2. The van der Waals surface area contributed by atoms with Crippen LogP contribution in [0.2, 0.25) is 0 Å². The zero-order valence-corrected chi connectivity index (χ0v) is 12.1. The number of urea groups is 1. The fourth-order valence-electron chi connectivity index (χ4n) is 1.79. The minimum absolute atomic E-state index is 0.400. The second-order valence-electron chi connectivity index (χ2n) is 4.30. The van der Waals surface area contributed by atoms with Gasteiger partial charge in [0.05, 0.1) is 26.1 Å². The molecule has 0 radical (unpaired) electrons. The zero-order chi connectivity index (χ0) is 15.2. The van der Waals surface area contributed by atoms with Gasteiger partial charge in [0.1, 0.15) is 17.2 Å². The van der Waals surface area contributed by atoms with Crippen molar-refractivity contribution >= 4 is 17.4 Å². The van der Waals surface area contributed by atoms with Crippen LogP contribution in [0.25, 0.3) is 0 Å². The molecular weight excluding hydrogens is 270 g/mol. The number of hydrogen-bond donors (Lipinski definition) is 2. The molecule has 0 aliphatic carbocycles. The van der Waals surface area contributed by atoms with Gasteiger partial charge in [-0.05, 0) is 31.2 Å². The first kappa shape index (κ1) is 14.6. The predicted octanol–water partition coefficient (Wildman–Crippen LogP) is 3.05. The molecule has 0 unspecified atom stereocenters. The number of nitrogens with one attached hydrogen (secondary N) is 2. The van der Waals surface area contributed by atoms with Gasteiger partial charge in [0.25, 0.3) is 0 Å². The molecule has 0 fully saturated rings. The highest BCUT2D eigenvalue weighted by Crippen LogP contribution is 2.34. The summed E-state index contributed by atoms with van der Waals surface area (Å²) >= 11 is 0. The first-order valence-corrected chi connectivity index (χ1v) is 6.35. The molecule has 0 bridgehead atoms. The first-order chi connectivity index (χ1) is 10.1. The summed E-state index contributed by atoms with van der Waals surface area (Å²) in [4.78, 5) is 16.2. The van der Waals surface area contributed by atoms with Crippen molar-refractivity contribution in [3.8, 4) is 11.5 Å². The number of rotatable bonds is 4. The van der Waals surface area contributed by atoms with Crippen LogP contribution in [0.1, 0.15) is 5.69 Å². The third kappa shape index (κ3) is 3.62. The Morgan fingerprint density at radius 2 is 1.71 bits per heavy atom. The number of aromatic nitrogens is 1. The summed E-state index contributed by atoms with van der Waals surface area (Å²) in [7, 11) is 3.06. The van der Waals surface area contributed by atoms with Crippen LogP contribution in [0.15, 0.2) is 36.5 Å². The van der Waals surface area contributed by atoms with Crippen molar-refractivity contribution in [2.75, 3.05) is 24.9 Å². The van der Waals surface area contributed by atoms with Crippen LogP contribution in [0, 0.1) is 6.92 Å². The lowest BCUT2D eigenvalue weighted by Crippen LogP contribution is -2.20. The number of amides is 2. The smallest absolute Gasteiger partial charge is 0.323 e. The second-order valence-corrected chi connectivity index (χ2v) is 4.30. The zero-order valence-electron chi connectivity index (χ0n) is 12.1. The fourth-order valence-corrected chi connectivity index (χ4v) is 1.79.